The third-order valence-electron chi connectivity index (χ3n) is 6.77. The fraction of sp³-hybridized carbons (Fsp3) is 0.233. The molecule has 206 valence electrons. The zero-order chi connectivity index (χ0) is 28.1. The summed E-state index contributed by atoms with van der Waals surface area (Å²) in [5.41, 5.74) is 4.10. The van der Waals surface area contributed by atoms with Gasteiger partial charge in [0, 0.05) is 60.4 Å². The van der Waals surface area contributed by atoms with Gasteiger partial charge in [0.05, 0.1) is 19.7 Å². The lowest BCUT2D eigenvalue weighted by atomic mass is 10.2. The van der Waals surface area contributed by atoms with Crippen LogP contribution in [0.25, 0.3) is 10.9 Å². The first-order valence-corrected chi connectivity index (χ1v) is 13.0. The van der Waals surface area contributed by atoms with Crippen molar-refractivity contribution >= 4 is 51.3 Å². The molecule has 2 heterocycles. The van der Waals surface area contributed by atoms with Gasteiger partial charge in [-0.3, -0.25) is 4.79 Å². The number of piperazine rings is 1. The van der Waals surface area contributed by atoms with Gasteiger partial charge in [0.2, 0.25) is 11.9 Å². The summed E-state index contributed by atoms with van der Waals surface area (Å²) in [6.07, 6.45) is 1.23. The Morgan fingerprint density at radius 1 is 0.875 bits per heavy atom. The second-order valence-corrected chi connectivity index (χ2v) is 9.48. The average Bonchev–Trinajstić information content (AvgIpc) is 2.97. The van der Waals surface area contributed by atoms with Crippen molar-refractivity contribution in [3.63, 3.8) is 0 Å². The minimum atomic E-state index is -0.286. The first-order valence-electron chi connectivity index (χ1n) is 13.0. The second-order valence-electron chi connectivity index (χ2n) is 9.48. The highest BCUT2D eigenvalue weighted by Gasteiger charge is 2.16. The molecule has 4 aromatic rings. The summed E-state index contributed by atoms with van der Waals surface area (Å²) in [6, 6.07) is 19.3. The molecule has 1 aliphatic heterocycles. The van der Waals surface area contributed by atoms with Gasteiger partial charge >= 0.3 is 0 Å². The molecule has 0 aliphatic carbocycles. The molecule has 3 N–H and O–H groups in total. The van der Waals surface area contributed by atoms with Crippen molar-refractivity contribution in [2.24, 2.45) is 0 Å². The molecule has 10 nitrogen and oxygen atoms in total. The molecule has 1 aromatic heterocycles. The second kappa shape index (κ2) is 11.9. The predicted molar refractivity (Wildman–Crippen MR) is 161 cm³/mol. The van der Waals surface area contributed by atoms with E-state index in [1.54, 1.807) is 20.3 Å². The largest absolute Gasteiger partial charge is 0.493 e. The number of ether oxygens (including phenoxy) is 2. The minimum absolute atomic E-state index is 0.286. The zero-order valence-electron chi connectivity index (χ0n) is 22.9. The molecular weight excluding hydrogens is 506 g/mol. The molecule has 40 heavy (non-hydrogen) atoms. The number of nitrogens with zero attached hydrogens (tertiary/aromatic N) is 4. The number of aromatic nitrogens is 2. The van der Waals surface area contributed by atoms with Crippen LogP contribution in [-0.4, -0.2) is 68.2 Å². The molecule has 1 saturated heterocycles. The number of hydrogen-bond donors (Lipinski definition) is 3. The van der Waals surface area contributed by atoms with Crippen molar-refractivity contribution in [2.45, 2.75) is 0 Å². The lowest BCUT2D eigenvalue weighted by Gasteiger charge is -2.34. The van der Waals surface area contributed by atoms with E-state index in [1.807, 2.05) is 42.5 Å². The Morgan fingerprint density at radius 3 is 2.27 bits per heavy atom. The summed E-state index contributed by atoms with van der Waals surface area (Å²) in [7, 11) is 5.33. The Bertz CT molecular complexity index is 1520. The van der Waals surface area contributed by atoms with E-state index in [0.29, 0.717) is 34.5 Å². The van der Waals surface area contributed by atoms with Gasteiger partial charge in [0.25, 0.3) is 0 Å². The quantitative estimate of drug-likeness (QED) is 0.253. The first-order chi connectivity index (χ1) is 19.4. The Hall–Kier alpha value is -4.83. The number of carbonyl (C=O) groups is 1. The van der Waals surface area contributed by atoms with Crippen LogP contribution in [0.2, 0.25) is 0 Å². The third kappa shape index (κ3) is 6.08. The summed E-state index contributed by atoms with van der Waals surface area (Å²) in [5, 5.41) is 10.2. The van der Waals surface area contributed by atoms with Crippen LogP contribution in [0.5, 0.6) is 11.5 Å². The third-order valence-corrected chi connectivity index (χ3v) is 6.77. The molecule has 0 spiro atoms. The molecule has 0 radical (unpaired) electrons. The SMILES string of the molecule is C=CC(=O)Nc1cccc(Nc2nc(Nc3ccc(N4CCN(C)CC4)cc3)nc3cc(OC)c(OC)cc23)c1. The van der Waals surface area contributed by atoms with Gasteiger partial charge in [-0.05, 0) is 61.7 Å². The molecule has 0 unspecified atom stereocenters. The van der Waals surface area contributed by atoms with Gasteiger partial charge in [-0.1, -0.05) is 12.6 Å². The summed E-state index contributed by atoms with van der Waals surface area (Å²) < 4.78 is 11.0. The Morgan fingerprint density at radius 2 is 1.57 bits per heavy atom. The number of amides is 1. The summed E-state index contributed by atoms with van der Waals surface area (Å²) >= 11 is 0. The maximum Gasteiger partial charge on any atom is 0.247 e. The van der Waals surface area contributed by atoms with Crippen LogP contribution in [0.1, 0.15) is 0 Å². The molecule has 3 aromatic carbocycles. The van der Waals surface area contributed by atoms with E-state index in [9.17, 15) is 4.79 Å². The van der Waals surface area contributed by atoms with Gasteiger partial charge in [-0.2, -0.15) is 4.98 Å². The number of rotatable bonds is 9. The first kappa shape index (κ1) is 26.8. The fourth-order valence-electron chi connectivity index (χ4n) is 4.56. The van der Waals surface area contributed by atoms with Crippen molar-refractivity contribution in [2.75, 3.05) is 68.3 Å². The van der Waals surface area contributed by atoms with E-state index < -0.39 is 0 Å². The average molecular weight is 540 g/mol. The molecule has 1 amide bonds. The van der Waals surface area contributed by atoms with Crippen LogP contribution in [-0.2, 0) is 4.79 Å². The topological polar surface area (TPSA) is 104 Å². The van der Waals surface area contributed by atoms with Crippen LogP contribution < -0.4 is 30.3 Å². The van der Waals surface area contributed by atoms with Gasteiger partial charge in [0.1, 0.15) is 5.82 Å². The lowest BCUT2D eigenvalue weighted by molar-refractivity contribution is -0.111. The number of likely N-dealkylation sites (N-methyl/N-ethyl adjacent to an activating group) is 1. The highest BCUT2D eigenvalue weighted by atomic mass is 16.5. The number of hydrogen-bond acceptors (Lipinski definition) is 9. The smallest absolute Gasteiger partial charge is 0.247 e. The van der Waals surface area contributed by atoms with E-state index in [4.69, 9.17) is 19.4 Å². The number of fused-ring (bicyclic) bond motifs is 1. The van der Waals surface area contributed by atoms with Crippen molar-refractivity contribution in [1.29, 1.82) is 0 Å². The van der Waals surface area contributed by atoms with Gasteiger partial charge < -0.3 is 35.2 Å². The van der Waals surface area contributed by atoms with E-state index in [1.165, 1.54) is 11.8 Å². The van der Waals surface area contributed by atoms with Gasteiger partial charge in [0.15, 0.2) is 11.5 Å². The van der Waals surface area contributed by atoms with Crippen molar-refractivity contribution < 1.29 is 14.3 Å². The van der Waals surface area contributed by atoms with Crippen molar-refractivity contribution in [3.05, 3.63) is 73.3 Å². The maximum atomic E-state index is 11.8. The van der Waals surface area contributed by atoms with Crippen LogP contribution in [0.15, 0.2) is 73.3 Å². The Kier molecular flexibility index (Phi) is 7.97. The normalized spacial score (nSPS) is 13.5. The van der Waals surface area contributed by atoms with Crippen LogP contribution >= 0.6 is 0 Å². The van der Waals surface area contributed by atoms with E-state index >= 15 is 0 Å². The predicted octanol–water partition coefficient (Wildman–Crippen LogP) is 5.01. The Labute approximate surface area is 233 Å². The number of methoxy groups -OCH3 is 2. The zero-order valence-corrected chi connectivity index (χ0v) is 22.9. The molecule has 5 rings (SSSR count). The van der Waals surface area contributed by atoms with Crippen molar-refractivity contribution in [1.82, 2.24) is 14.9 Å². The molecule has 10 heteroatoms. The number of nitrogens with one attached hydrogen (secondary N) is 3. The van der Waals surface area contributed by atoms with Crippen LogP contribution in [0, 0.1) is 0 Å². The fourth-order valence-corrected chi connectivity index (χ4v) is 4.56. The van der Waals surface area contributed by atoms with Crippen LogP contribution in [0.4, 0.5) is 34.5 Å². The number of anilines is 6. The molecule has 1 aliphatic rings. The number of benzene rings is 3. The highest BCUT2D eigenvalue weighted by Crippen LogP contribution is 2.36. The highest BCUT2D eigenvalue weighted by molar-refractivity contribution is 5.99. The lowest BCUT2D eigenvalue weighted by Crippen LogP contribution is -2.44. The summed E-state index contributed by atoms with van der Waals surface area (Å²) in [4.78, 5) is 26.1. The standard InChI is InChI=1S/C30H33N7O3/c1-5-28(38)31-21-7-6-8-22(17-21)32-29-24-18-26(39-3)27(40-4)19-25(24)34-30(35-29)33-20-9-11-23(12-10-20)37-15-13-36(2)14-16-37/h5-12,17-19H,1,13-16H2,2-4H3,(H,31,38)(H2,32,33,34,35). The Balaban J connectivity index is 1.46. The molecule has 0 atom stereocenters. The summed E-state index contributed by atoms with van der Waals surface area (Å²) in [5.74, 6) is 1.83. The monoisotopic (exact) mass is 539 g/mol. The van der Waals surface area contributed by atoms with Gasteiger partial charge in [-0.15, -0.1) is 0 Å². The molecule has 1 fully saturated rings. The van der Waals surface area contributed by atoms with Gasteiger partial charge in [-0.25, -0.2) is 4.98 Å². The summed E-state index contributed by atoms with van der Waals surface area (Å²) in [6.45, 7) is 7.64. The molecule has 0 bridgehead atoms. The van der Waals surface area contributed by atoms with Crippen LogP contribution in [0.3, 0.4) is 0 Å². The number of carbonyl (C=O) groups excluding carboxylic acids is 1. The minimum Gasteiger partial charge on any atom is -0.493 e. The van der Waals surface area contributed by atoms with E-state index in [0.717, 1.165) is 42.9 Å². The van der Waals surface area contributed by atoms with E-state index in [-0.39, 0.29) is 5.91 Å². The van der Waals surface area contributed by atoms with E-state index in [2.05, 4.69) is 51.5 Å². The molecular formula is C30H33N7O3. The molecule has 0 saturated carbocycles. The van der Waals surface area contributed by atoms with Crippen molar-refractivity contribution in [3.8, 4) is 11.5 Å². The maximum absolute atomic E-state index is 11.8.